The van der Waals surface area contributed by atoms with E-state index in [0.717, 1.165) is 16.9 Å². The number of rotatable bonds is 2. The van der Waals surface area contributed by atoms with Crippen molar-refractivity contribution in [1.29, 1.82) is 0 Å². The molecule has 0 radical (unpaired) electrons. The summed E-state index contributed by atoms with van der Waals surface area (Å²) in [5, 5.41) is 10.5. The SMILES string of the molecule is Cc1c(C(=O)N2CCN(c3ccccc3F)CC2)oc2c1[C@H](O)CC(C)(C)C2. The molecule has 1 aliphatic heterocycles. The summed E-state index contributed by atoms with van der Waals surface area (Å²) in [6.07, 6.45) is 0.783. The van der Waals surface area contributed by atoms with Gasteiger partial charge < -0.3 is 19.3 Å². The minimum absolute atomic E-state index is 0.0532. The molecule has 1 amide bonds. The minimum atomic E-state index is -0.595. The highest BCUT2D eigenvalue weighted by Crippen LogP contribution is 2.44. The summed E-state index contributed by atoms with van der Waals surface area (Å²) in [5.41, 5.74) is 2.05. The van der Waals surface area contributed by atoms with Crippen LogP contribution in [0.1, 0.15) is 53.8 Å². The number of para-hydroxylation sites is 1. The lowest BCUT2D eigenvalue weighted by Crippen LogP contribution is -2.49. The van der Waals surface area contributed by atoms with Crippen molar-refractivity contribution in [3.63, 3.8) is 0 Å². The van der Waals surface area contributed by atoms with Crippen LogP contribution in [0.25, 0.3) is 0 Å². The number of hydrogen-bond acceptors (Lipinski definition) is 4. The van der Waals surface area contributed by atoms with E-state index >= 15 is 0 Å². The molecule has 2 heterocycles. The molecule has 0 bridgehead atoms. The molecule has 1 aromatic heterocycles. The van der Waals surface area contributed by atoms with Crippen LogP contribution in [0.3, 0.4) is 0 Å². The van der Waals surface area contributed by atoms with E-state index in [1.165, 1.54) is 6.07 Å². The first kappa shape index (κ1) is 19.0. The number of amides is 1. The van der Waals surface area contributed by atoms with Crippen LogP contribution >= 0.6 is 0 Å². The second-order valence-electron chi connectivity index (χ2n) is 8.68. The molecule has 5 nitrogen and oxygen atoms in total. The maximum Gasteiger partial charge on any atom is 0.289 e. The first-order valence-electron chi connectivity index (χ1n) is 9.86. The Labute approximate surface area is 164 Å². The number of furan rings is 1. The Morgan fingerprint density at radius 2 is 1.89 bits per heavy atom. The highest BCUT2D eigenvalue weighted by molar-refractivity contribution is 5.93. The van der Waals surface area contributed by atoms with Gasteiger partial charge in [0.15, 0.2) is 5.76 Å². The molecule has 1 aliphatic carbocycles. The molecule has 2 aromatic rings. The molecule has 4 rings (SSSR count). The van der Waals surface area contributed by atoms with Crippen molar-refractivity contribution in [1.82, 2.24) is 4.90 Å². The van der Waals surface area contributed by atoms with Crippen LogP contribution in [-0.4, -0.2) is 42.1 Å². The van der Waals surface area contributed by atoms with E-state index in [-0.39, 0.29) is 17.1 Å². The van der Waals surface area contributed by atoms with Crippen molar-refractivity contribution in [2.45, 2.75) is 39.7 Å². The Balaban J connectivity index is 1.50. The van der Waals surface area contributed by atoms with Gasteiger partial charge in [0.05, 0.1) is 11.8 Å². The van der Waals surface area contributed by atoms with Gasteiger partial charge in [-0.05, 0) is 30.9 Å². The molecule has 150 valence electrons. The lowest BCUT2D eigenvalue weighted by Gasteiger charge is -2.35. The highest BCUT2D eigenvalue weighted by atomic mass is 19.1. The normalized spacial score (nSPS) is 21.5. The standard InChI is InChI=1S/C22H27FN2O3/c1-14-19-17(26)12-22(2,3)13-18(19)28-20(14)21(27)25-10-8-24(9-11-25)16-7-5-4-6-15(16)23/h4-7,17,26H,8-13H2,1-3H3/t17-/m1/s1. The van der Waals surface area contributed by atoms with Gasteiger partial charge >= 0.3 is 0 Å². The van der Waals surface area contributed by atoms with Crippen LogP contribution in [0, 0.1) is 18.2 Å². The third kappa shape index (κ3) is 3.30. The molecule has 0 unspecified atom stereocenters. The second kappa shape index (κ2) is 6.92. The van der Waals surface area contributed by atoms with Gasteiger partial charge in [0.1, 0.15) is 11.6 Å². The smallest absolute Gasteiger partial charge is 0.289 e. The highest BCUT2D eigenvalue weighted by Gasteiger charge is 2.38. The van der Waals surface area contributed by atoms with E-state index in [1.807, 2.05) is 17.9 Å². The molecular formula is C22H27FN2O3. The van der Waals surface area contributed by atoms with Gasteiger partial charge in [-0.15, -0.1) is 0 Å². The fourth-order valence-electron chi connectivity index (χ4n) is 4.49. The number of piperazine rings is 1. The van der Waals surface area contributed by atoms with Crippen LogP contribution in [0.5, 0.6) is 0 Å². The van der Waals surface area contributed by atoms with Gasteiger partial charge in [0.25, 0.3) is 5.91 Å². The molecule has 6 heteroatoms. The number of anilines is 1. The second-order valence-corrected chi connectivity index (χ2v) is 8.68. The molecule has 1 N–H and O–H groups in total. The Bertz CT molecular complexity index is 897. The number of fused-ring (bicyclic) bond motifs is 1. The van der Waals surface area contributed by atoms with Crippen molar-refractivity contribution in [3.8, 4) is 0 Å². The zero-order valence-electron chi connectivity index (χ0n) is 16.7. The zero-order chi connectivity index (χ0) is 20.1. The average molecular weight is 386 g/mol. The maximum absolute atomic E-state index is 14.0. The Morgan fingerprint density at radius 3 is 2.57 bits per heavy atom. The summed E-state index contributed by atoms with van der Waals surface area (Å²) in [6.45, 7) is 8.20. The summed E-state index contributed by atoms with van der Waals surface area (Å²) in [4.78, 5) is 16.8. The largest absolute Gasteiger partial charge is 0.455 e. The number of benzene rings is 1. The van der Waals surface area contributed by atoms with Crippen LogP contribution in [0.4, 0.5) is 10.1 Å². The lowest BCUT2D eigenvalue weighted by atomic mass is 9.75. The number of carbonyl (C=O) groups is 1. The van der Waals surface area contributed by atoms with Crippen LogP contribution in [-0.2, 0) is 6.42 Å². The van der Waals surface area contributed by atoms with Gasteiger partial charge in [-0.1, -0.05) is 26.0 Å². The number of hydrogen-bond donors (Lipinski definition) is 1. The van der Waals surface area contributed by atoms with Gasteiger partial charge in [-0.3, -0.25) is 4.79 Å². The Hall–Kier alpha value is -2.34. The van der Waals surface area contributed by atoms with Gasteiger partial charge in [-0.25, -0.2) is 4.39 Å². The zero-order valence-corrected chi connectivity index (χ0v) is 16.7. The number of nitrogens with zero attached hydrogens (tertiary/aromatic N) is 2. The van der Waals surface area contributed by atoms with E-state index in [9.17, 15) is 14.3 Å². The maximum atomic E-state index is 14.0. The predicted octanol–water partition coefficient (Wildman–Crippen LogP) is 3.70. The minimum Gasteiger partial charge on any atom is -0.455 e. The third-order valence-corrected chi connectivity index (χ3v) is 5.94. The van der Waals surface area contributed by atoms with Crippen LogP contribution in [0.15, 0.2) is 28.7 Å². The molecule has 2 aliphatic rings. The molecule has 0 spiro atoms. The molecule has 0 saturated carbocycles. The molecular weight excluding hydrogens is 359 g/mol. The quantitative estimate of drug-likeness (QED) is 0.855. The molecule has 1 atom stereocenters. The molecule has 1 aromatic carbocycles. The van der Waals surface area contributed by atoms with Gasteiger partial charge in [-0.2, -0.15) is 0 Å². The predicted molar refractivity (Wildman–Crippen MR) is 105 cm³/mol. The summed E-state index contributed by atoms with van der Waals surface area (Å²) in [5.74, 6) is 0.675. The van der Waals surface area contributed by atoms with Crippen molar-refractivity contribution in [3.05, 3.63) is 52.7 Å². The molecule has 28 heavy (non-hydrogen) atoms. The monoisotopic (exact) mass is 386 g/mol. The fourth-order valence-corrected chi connectivity index (χ4v) is 4.49. The van der Waals surface area contributed by atoms with E-state index in [1.54, 1.807) is 17.0 Å². The topological polar surface area (TPSA) is 56.9 Å². The first-order valence-corrected chi connectivity index (χ1v) is 9.86. The number of aliphatic hydroxyl groups excluding tert-OH is 1. The van der Waals surface area contributed by atoms with Crippen molar-refractivity contribution < 1.29 is 18.7 Å². The van der Waals surface area contributed by atoms with Crippen LogP contribution in [0.2, 0.25) is 0 Å². The molecule has 1 saturated heterocycles. The Kier molecular flexibility index (Phi) is 4.70. The van der Waals surface area contributed by atoms with Gasteiger partial charge in [0.2, 0.25) is 0 Å². The number of carbonyl (C=O) groups excluding carboxylic acids is 1. The summed E-state index contributed by atoms with van der Waals surface area (Å²) < 4.78 is 20.0. The fraction of sp³-hybridized carbons (Fsp3) is 0.500. The van der Waals surface area contributed by atoms with E-state index < -0.39 is 6.10 Å². The summed E-state index contributed by atoms with van der Waals surface area (Å²) in [6, 6.07) is 6.71. The number of aliphatic hydroxyl groups is 1. The van der Waals surface area contributed by atoms with Crippen molar-refractivity contribution >= 4 is 11.6 Å². The van der Waals surface area contributed by atoms with Crippen LogP contribution < -0.4 is 4.90 Å². The number of halogens is 1. The summed E-state index contributed by atoms with van der Waals surface area (Å²) in [7, 11) is 0. The third-order valence-electron chi connectivity index (χ3n) is 5.94. The average Bonchev–Trinajstić information content (AvgIpc) is 2.97. The summed E-state index contributed by atoms with van der Waals surface area (Å²) >= 11 is 0. The molecule has 1 fully saturated rings. The van der Waals surface area contributed by atoms with Crippen molar-refractivity contribution in [2.24, 2.45) is 5.41 Å². The van der Waals surface area contributed by atoms with E-state index in [2.05, 4.69) is 13.8 Å². The lowest BCUT2D eigenvalue weighted by molar-refractivity contribution is 0.0703. The Morgan fingerprint density at radius 1 is 1.21 bits per heavy atom. The van der Waals surface area contributed by atoms with Gasteiger partial charge in [0, 0.05) is 43.7 Å². The first-order chi connectivity index (χ1) is 13.3. The van der Waals surface area contributed by atoms with Crippen molar-refractivity contribution in [2.75, 3.05) is 31.1 Å². The van der Waals surface area contributed by atoms with E-state index in [0.29, 0.717) is 50.5 Å². The van der Waals surface area contributed by atoms with E-state index in [4.69, 9.17) is 4.42 Å².